The van der Waals surface area contributed by atoms with Gasteiger partial charge in [-0.3, -0.25) is 0 Å². The Balaban J connectivity index is 1.30. The Morgan fingerprint density at radius 3 is 2.79 bits per heavy atom. The number of halogens is 2. The molecule has 6 rings (SSSR count). The first kappa shape index (κ1) is 24.6. The van der Waals surface area contributed by atoms with Crippen LogP contribution in [0.15, 0.2) is 47.6 Å². The number of ether oxygens (including phenoxy) is 1. The molecule has 2 N–H and O–H groups in total. The summed E-state index contributed by atoms with van der Waals surface area (Å²) in [6, 6.07) is 11.1. The third-order valence-corrected chi connectivity index (χ3v) is 7.26. The van der Waals surface area contributed by atoms with Crippen molar-refractivity contribution < 1.29 is 13.5 Å². The van der Waals surface area contributed by atoms with Gasteiger partial charge in [0.15, 0.2) is 28.6 Å². The van der Waals surface area contributed by atoms with E-state index >= 15 is 0 Å². The minimum atomic E-state index is -0.967. The molecule has 1 saturated heterocycles. The van der Waals surface area contributed by atoms with Gasteiger partial charge in [-0.2, -0.15) is 9.97 Å². The lowest BCUT2D eigenvalue weighted by Crippen LogP contribution is -2.37. The largest absolute Gasteiger partial charge is 0.378 e. The molecule has 1 aliphatic heterocycles. The second-order valence-electron chi connectivity index (χ2n) is 8.98. The molecule has 4 heterocycles. The number of aromatic amines is 1. The van der Waals surface area contributed by atoms with Crippen LogP contribution in [0.5, 0.6) is 0 Å². The van der Waals surface area contributed by atoms with Crippen molar-refractivity contribution in [3.8, 4) is 0 Å². The first-order valence-corrected chi connectivity index (χ1v) is 13.6. The average Bonchev–Trinajstić information content (AvgIpc) is 3.57. The number of H-pyrrole nitrogens is 1. The molecule has 3 aromatic heterocycles. The van der Waals surface area contributed by atoms with Gasteiger partial charge < -0.3 is 24.5 Å². The number of hydrogen-bond donors (Lipinski definition) is 2. The average molecular weight is 537 g/mol. The maximum atomic E-state index is 14.2. The summed E-state index contributed by atoms with van der Waals surface area (Å²) in [5.41, 5.74) is 3.00. The van der Waals surface area contributed by atoms with Gasteiger partial charge in [-0.25, -0.2) is 18.7 Å². The van der Waals surface area contributed by atoms with E-state index in [2.05, 4.69) is 55.7 Å². The van der Waals surface area contributed by atoms with Crippen LogP contribution in [0.3, 0.4) is 0 Å². The Hall–Kier alpha value is -3.77. The highest BCUT2D eigenvalue weighted by molar-refractivity contribution is 7.98. The summed E-state index contributed by atoms with van der Waals surface area (Å²) in [5, 5.41) is 3.28. The molecular formula is C26H26F2N8OS. The van der Waals surface area contributed by atoms with E-state index in [0.29, 0.717) is 61.5 Å². The monoisotopic (exact) mass is 536 g/mol. The molecular weight excluding hydrogens is 510 g/mol. The number of thioether (sulfide) groups is 1. The maximum absolute atomic E-state index is 14.2. The zero-order valence-corrected chi connectivity index (χ0v) is 21.6. The van der Waals surface area contributed by atoms with E-state index in [4.69, 9.17) is 14.7 Å². The van der Waals surface area contributed by atoms with E-state index in [0.717, 1.165) is 18.1 Å². The molecule has 1 aliphatic rings. The third kappa shape index (κ3) is 4.88. The van der Waals surface area contributed by atoms with Crippen molar-refractivity contribution in [1.29, 1.82) is 0 Å². The van der Waals surface area contributed by atoms with Crippen molar-refractivity contribution in [3.05, 3.63) is 65.7 Å². The van der Waals surface area contributed by atoms with Crippen LogP contribution in [-0.4, -0.2) is 62.0 Å². The lowest BCUT2D eigenvalue weighted by Gasteiger charge is -2.27. The standard InChI is InChI=1S/C26H26F2N8OS/c1-38-17-4-2-3-16(13-17)7-8-36-15-30-23-24(33-26(34-25(23)36)35-9-11-37-12-10-35)29-14-20-31-19-6-5-18(27)21(28)22(19)32-20/h2-6,13,15H,7-12,14H2,1H3,(H,31,32)(H,29,33,34). The summed E-state index contributed by atoms with van der Waals surface area (Å²) in [6.45, 7) is 3.52. The molecule has 0 amide bonds. The number of aromatic nitrogens is 6. The van der Waals surface area contributed by atoms with Gasteiger partial charge in [0.25, 0.3) is 0 Å². The van der Waals surface area contributed by atoms with Crippen LogP contribution in [-0.2, 0) is 24.2 Å². The topological polar surface area (TPSA) is 96.8 Å². The Kier molecular flexibility index (Phi) is 6.81. The number of fused-ring (bicyclic) bond motifs is 2. The van der Waals surface area contributed by atoms with Gasteiger partial charge in [0, 0.05) is 24.5 Å². The van der Waals surface area contributed by atoms with E-state index in [1.54, 1.807) is 18.1 Å². The van der Waals surface area contributed by atoms with Crippen molar-refractivity contribution in [2.75, 3.05) is 42.8 Å². The Labute approximate surface area is 221 Å². The fraction of sp³-hybridized carbons (Fsp3) is 0.308. The van der Waals surface area contributed by atoms with Gasteiger partial charge in [0.05, 0.1) is 31.6 Å². The number of aryl methyl sites for hydroxylation is 2. The summed E-state index contributed by atoms with van der Waals surface area (Å²) >= 11 is 1.72. The van der Waals surface area contributed by atoms with E-state index in [1.165, 1.54) is 16.5 Å². The second kappa shape index (κ2) is 10.5. The number of benzene rings is 2. The van der Waals surface area contributed by atoms with Crippen molar-refractivity contribution in [2.45, 2.75) is 24.4 Å². The molecule has 0 unspecified atom stereocenters. The van der Waals surface area contributed by atoms with Gasteiger partial charge in [-0.15, -0.1) is 11.8 Å². The number of hydrogen-bond acceptors (Lipinski definition) is 8. The summed E-state index contributed by atoms with van der Waals surface area (Å²) in [4.78, 5) is 24.9. The highest BCUT2D eigenvalue weighted by Crippen LogP contribution is 2.25. The Morgan fingerprint density at radius 2 is 1.95 bits per heavy atom. The fourth-order valence-electron chi connectivity index (χ4n) is 4.52. The number of nitrogens with zero attached hydrogens (tertiary/aromatic N) is 6. The lowest BCUT2D eigenvalue weighted by molar-refractivity contribution is 0.122. The maximum Gasteiger partial charge on any atom is 0.229 e. The van der Waals surface area contributed by atoms with Gasteiger partial charge in [-0.05, 0) is 42.5 Å². The van der Waals surface area contributed by atoms with Crippen LogP contribution >= 0.6 is 11.8 Å². The van der Waals surface area contributed by atoms with E-state index in [-0.39, 0.29) is 12.1 Å². The second-order valence-corrected chi connectivity index (χ2v) is 9.86. The molecule has 0 spiro atoms. The predicted molar refractivity (Wildman–Crippen MR) is 144 cm³/mol. The normalized spacial score (nSPS) is 14.0. The molecule has 38 heavy (non-hydrogen) atoms. The minimum Gasteiger partial charge on any atom is -0.378 e. The third-order valence-electron chi connectivity index (χ3n) is 6.54. The van der Waals surface area contributed by atoms with Crippen molar-refractivity contribution >= 4 is 45.7 Å². The molecule has 2 aromatic carbocycles. The van der Waals surface area contributed by atoms with Crippen LogP contribution in [0.4, 0.5) is 20.5 Å². The number of rotatable bonds is 8. The SMILES string of the molecule is CSc1cccc(CCn2cnc3c(NCc4nc5c(F)c(F)ccc5[nH]4)nc(N4CCOCC4)nc32)c1. The summed E-state index contributed by atoms with van der Waals surface area (Å²) in [7, 11) is 0. The Bertz CT molecular complexity index is 1600. The highest BCUT2D eigenvalue weighted by Gasteiger charge is 2.20. The zero-order valence-electron chi connectivity index (χ0n) is 20.7. The molecule has 9 nitrogen and oxygen atoms in total. The molecule has 196 valence electrons. The zero-order chi connectivity index (χ0) is 26.1. The van der Waals surface area contributed by atoms with Crippen molar-refractivity contribution in [3.63, 3.8) is 0 Å². The number of imidazole rings is 2. The Morgan fingerprint density at radius 1 is 1.08 bits per heavy atom. The molecule has 12 heteroatoms. The lowest BCUT2D eigenvalue weighted by atomic mass is 10.1. The quantitative estimate of drug-likeness (QED) is 0.282. The number of nitrogens with one attached hydrogen (secondary N) is 2. The number of morpholine rings is 1. The highest BCUT2D eigenvalue weighted by atomic mass is 32.2. The van der Waals surface area contributed by atoms with Gasteiger partial charge in [0.1, 0.15) is 11.3 Å². The summed E-state index contributed by atoms with van der Waals surface area (Å²) in [5.74, 6) is -0.302. The van der Waals surface area contributed by atoms with Crippen LogP contribution in [0, 0.1) is 11.6 Å². The van der Waals surface area contributed by atoms with Gasteiger partial charge in [-0.1, -0.05) is 12.1 Å². The van der Waals surface area contributed by atoms with Crippen LogP contribution in [0.2, 0.25) is 0 Å². The van der Waals surface area contributed by atoms with Gasteiger partial charge in [0.2, 0.25) is 5.95 Å². The van der Waals surface area contributed by atoms with Crippen molar-refractivity contribution in [2.24, 2.45) is 0 Å². The van der Waals surface area contributed by atoms with Crippen LogP contribution in [0.1, 0.15) is 11.4 Å². The van der Waals surface area contributed by atoms with Crippen molar-refractivity contribution in [1.82, 2.24) is 29.5 Å². The van der Waals surface area contributed by atoms with Crippen LogP contribution < -0.4 is 10.2 Å². The molecule has 5 aromatic rings. The molecule has 0 atom stereocenters. The molecule has 0 saturated carbocycles. The van der Waals surface area contributed by atoms with E-state index in [9.17, 15) is 8.78 Å². The van der Waals surface area contributed by atoms with E-state index in [1.807, 2.05) is 4.57 Å². The first-order valence-electron chi connectivity index (χ1n) is 12.3. The molecule has 1 fully saturated rings. The molecule has 0 bridgehead atoms. The minimum absolute atomic E-state index is 0.0292. The first-order chi connectivity index (χ1) is 18.6. The molecule has 0 radical (unpaired) electrons. The van der Waals surface area contributed by atoms with Crippen LogP contribution in [0.25, 0.3) is 22.2 Å². The fourth-order valence-corrected chi connectivity index (χ4v) is 5.01. The summed E-state index contributed by atoms with van der Waals surface area (Å²) < 4.78 is 35.3. The smallest absolute Gasteiger partial charge is 0.229 e. The van der Waals surface area contributed by atoms with Gasteiger partial charge >= 0.3 is 0 Å². The molecule has 0 aliphatic carbocycles. The predicted octanol–water partition coefficient (Wildman–Crippen LogP) is 4.39. The number of anilines is 2. The van der Waals surface area contributed by atoms with E-state index < -0.39 is 11.6 Å². The summed E-state index contributed by atoms with van der Waals surface area (Å²) in [6.07, 6.45) is 4.69.